The van der Waals surface area contributed by atoms with Crippen LogP contribution in [-0.2, 0) is 38.4 Å². The van der Waals surface area contributed by atoms with Crippen LogP contribution < -0.4 is 26.0 Å². The number of piperidine rings is 2. The molecule has 400 valence electrons. The third-order valence-corrected chi connectivity index (χ3v) is 16.5. The molecule has 2 aliphatic heterocycles. The highest BCUT2D eigenvalue weighted by atomic mass is 16.5. The number of ketones is 1. The lowest BCUT2D eigenvalue weighted by Crippen LogP contribution is -2.56. The number of nitrogens with one attached hydrogen (secondary N) is 6. The van der Waals surface area contributed by atoms with Crippen molar-refractivity contribution < 1.29 is 38.6 Å². The number of carbonyl (C=O) groups is 6. The fourth-order valence-electron chi connectivity index (χ4n) is 12.2. The van der Waals surface area contributed by atoms with Crippen LogP contribution in [0, 0.1) is 22.7 Å². The van der Waals surface area contributed by atoms with Crippen LogP contribution >= 0.6 is 0 Å². The number of methoxy groups -OCH3 is 1. The number of hydrogen-bond acceptors (Lipinski definition) is 9. The number of carboxylic acid groups (broad SMARTS) is 1. The molecular weight excluding hydrogens is 941 g/mol. The number of carboxylic acids is 1. The Bertz CT molecular complexity index is 2410. The number of aromatic nitrogens is 4. The maximum Gasteiger partial charge on any atom is 0.315 e. The molecular formula is C56H78N10O8. The molecule has 8 rings (SSSR count). The smallest absolute Gasteiger partial charge is 0.315 e. The first-order valence-electron chi connectivity index (χ1n) is 26.9. The minimum atomic E-state index is -0.854. The zero-order chi connectivity index (χ0) is 52.5. The zero-order valence-corrected chi connectivity index (χ0v) is 43.5. The van der Waals surface area contributed by atoms with E-state index < -0.39 is 29.5 Å². The normalized spacial score (nSPS) is 20.9. The summed E-state index contributed by atoms with van der Waals surface area (Å²) < 4.78 is 5.26. The van der Waals surface area contributed by atoms with Crippen molar-refractivity contribution in [2.24, 2.45) is 22.7 Å². The number of Topliss-reactive ketones (excluding diaryl/α,β-unsaturated/α-hetero) is 1. The van der Waals surface area contributed by atoms with Gasteiger partial charge in [0.1, 0.15) is 23.6 Å². The first kappa shape index (κ1) is 55.0. The van der Waals surface area contributed by atoms with Gasteiger partial charge in [-0.1, -0.05) is 81.0 Å². The van der Waals surface area contributed by atoms with Crippen LogP contribution in [0.1, 0.15) is 132 Å². The molecule has 0 spiro atoms. The van der Waals surface area contributed by atoms with Gasteiger partial charge in [0.15, 0.2) is 0 Å². The van der Waals surface area contributed by atoms with E-state index in [1.54, 1.807) is 44.0 Å². The maximum atomic E-state index is 13.8. The molecule has 7 N–H and O–H groups in total. The summed E-state index contributed by atoms with van der Waals surface area (Å²) in [6, 6.07) is 14.1. The van der Waals surface area contributed by atoms with Gasteiger partial charge < -0.3 is 50.9 Å². The summed E-state index contributed by atoms with van der Waals surface area (Å²) in [5, 5.41) is 21.7. The van der Waals surface area contributed by atoms with Crippen LogP contribution in [0.25, 0.3) is 0 Å². The van der Waals surface area contributed by atoms with E-state index in [1.165, 1.54) is 25.7 Å². The Labute approximate surface area is 435 Å². The summed E-state index contributed by atoms with van der Waals surface area (Å²) in [5.74, 6) is 0.529. The molecule has 4 aromatic rings. The second-order valence-corrected chi connectivity index (χ2v) is 20.9. The minimum absolute atomic E-state index is 0.106. The predicted molar refractivity (Wildman–Crippen MR) is 280 cm³/mol. The Balaban J connectivity index is 0.000000217. The number of hydrogen-bond donors (Lipinski definition) is 7. The second-order valence-electron chi connectivity index (χ2n) is 20.9. The lowest BCUT2D eigenvalue weighted by molar-refractivity contribution is -0.163. The summed E-state index contributed by atoms with van der Waals surface area (Å²) in [6.45, 7) is 5.93. The molecule has 0 radical (unpaired) electrons. The van der Waals surface area contributed by atoms with Gasteiger partial charge in [0.25, 0.3) is 0 Å². The van der Waals surface area contributed by atoms with E-state index in [0.29, 0.717) is 89.2 Å². The van der Waals surface area contributed by atoms with Crippen LogP contribution in [0.2, 0.25) is 0 Å². The maximum absolute atomic E-state index is 13.8. The highest BCUT2D eigenvalue weighted by Gasteiger charge is 2.51. The standard InChI is InChI=1S/C29H41N5O4.C27H37N5O4/c1-21(35)29(23-6-4-3-5-7-23)13-16-34(17-14-29)27(36)26(18-22-8-10-25(38-2)11-9-22)33-28(37)31-15-12-24-19-30-20-32-24;1-19-16-27(25(34)35,21-10-6-3-7-11-21)13-15-32(19)24(33)23(20-8-4-2-5-9-20)31-26(36)29-14-12-22-17-28-18-30-22/h8-11,19-20,23,26H,3-7,12-18H2,1-2H3,(H,30,32)(H2,31,33,37);2,4-5,8-9,17-19,21,23H,3,6-7,10-16H2,1H3,(H,28,30)(H,34,35)(H2,29,31,36). The zero-order valence-electron chi connectivity index (χ0n) is 43.5. The van der Waals surface area contributed by atoms with Crippen molar-refractivity contribution in [3.8, 4) is 5.75 Å². The second kappa shape index (κ2) is 26.5. The predicted octanol–water partition coefficient (Wildman–Crippen LogP) is 7.30. The van der Waals surface area contributed by atoms with Gasteiger partial charge in [0.2, 0.25) is 11.8 Å². The highest BCUT2D eigenvalue weighted by molar-refractivity contribution is 5.89. The SMILES string of the molecule is CC1CC(C(=O)O)(C2CCCCC2)CCN1C(=O)C(NC(=O)NCCc1cnc[nH]1)c1ccccc1.COc1ccc(CC(NC(=O)NCCc2cnc[nH]2)C(=O)N2CCC(C(C)=O)(C3CCCCC3)CC2)cc1. The average molecular weight is 1020 g/mol. The number of aromatic amines is 2. The number of carbonyl (C=O) groups excluding carboxylic acids is 5. The number of aliphatic carboxylic acids is 1. The van der Waals surface area contributed by atoms with Gasteiger partial charge in [-0.25, -0.2) is 19.6 Å². The molecule has 18 nitrogen and oxygen atoms in total. The number of ether oxygens (including phenoxy) is 1. The number of amides is 6. The van der Waals surface area contributed by atoms with Crippen molar-refractivity contribution in [1.82, 2.24) is 51.0 Å². The molecule has 18 heteroatoms. The quantitative estimate of drug-likeness (QED) is 0.0524. The molecule has 4 atom stereocenters. The molecule has 2 saturated carbocycles. The average Bonchev–Trinajstić information content (AvgIpc) is 4.17. The molecule has 2 aliphatic carbocycles. The van der Waals surface area contributed by atoms with Gasteiger partial charge in [-0.2, -0.15) is 0 Å². The number of imidazole rings is 2. The summed E-state index contributed by atoms with van der Waals surface area (Å²) in [6.07, 6.45) is 21.5. The fourth-order valence-corrected chi connectivity index (χ4v) is 12.2. The van der Waals surface area contributed by atoms with E-state index in [0.717, 1.165) is 61.2 Å². The van der Waals surface area contributed by atoms with E-state index in [2.05, 4.69) is 41.2 Å². The molecule has 4 unspecified atom stereocenters. The van der Waals surface area contributed by atoms with E-state index >= 15 is 0 Å². The van der Waals surface area contributed by atoms with Crippen molar-refractivity contribution in [3.05, 3.63) is 102 Å². The molecule has 4 aliphatic rings. The number of likely N-dealkylation sites (tertiary alicyclic amines) is 2. The Kier molecular flexibility index (Phi) is 19.7. The molecule has 74 heavy (non-hydrogen) atoms. The van der Waals surface area contributed by atoms with E-state index in [9.17, 15) is 33.9 Å². The van der Waals surface area contributed by atoms with Crippen LogP contribution in [0.5, 0.6) is 5.75 Å². The summed E-state index contributed by atoms with van der Waals surface area (Å²) in [4.78, 5) is 96.0. The molecule has 4 heterocycles. The Hall–Kier alpha value is -6.72. The number of urea groups is 2. The minimum Gasteiger partial charge on any atom is -0.497 e. The molecule has 2 aromatic heterocycles. The molecule has 2 saturated heterocycles. The monoisotopic (exact) mass is 1020 g/mol. The van der Waals surface area contributed by atoms with Gasteiger partial charge in [-0.3, -0.25) is 19.2 Å². The number of nitrogens with zero attached hydrogens (tertiary/aromatic N) is 4. The van der Waals surface area contributed by atoms with E-state index in [4.69, 9.17) is 4.74 Å². The highest BCUT2D eigenvalue weighted by Crippen LogP contribution is 2.49. The van der Waals surface area contributed by atoms with Crippen LogP contribution in [-0.4, -0.2) is 122 Å². The first-order valence-corrected chi connectivity index (χ1v) is 26.9. The van der Waals surface area contributed by atoms with Crippen LogP contribution in [0.3, 0.4) is 0 Å². The van der Waals surface area contributed by atoms with E-state index in [1.807, 2.05) is 66.4 Å². The molecule has 6 amide bonds. The Morgan fingerprint density at radius 3 is 1.76 bits per heavy atom. The molecule has 4 fully saturated rings. The van der Waals surface area contributed by atoms with Crippen LogP contribution in [0.4, 0.5) is 9.59 Å². The summed E-state index contributed by atoms with van der Waals surface area (Å²) in [7, 11) is 1.61. The molecule has 2 aromatic carbocycles. The number of rotatable bonds is 18. The van der Waals surface area contributed by atoms with Crippen molar-refractivity contribution in [2.75, 3.05) is 39.8 Å². The van der Waals surface area contributed by atoms with Crippen molar-refractivity contribution in [1.29, 1.82) is 0 Å². The molecule has 0 bridgehead atoms. The van der Waals surface area contributed by atoms with Crippen molar-refractivity contribution >= 4 is 35.6 Å². The lowest BCUT2D eigenvalue weighted by atomic mass is 9.62. The van der Waals surface area contributed by atoms with Gasteiger partial charge in [-0.15, -0.1) is 0 Å². The summed E-state index contributed by atoms with van der Waals surface area (Å²) >= 11 is 0. The van der Waals surface area contributed by atoms with Crippen molar-refractivity contribution in [2.45, 2.75) is 141 Å². The van der Waals surface area contributed by atoms with Gasteiger partial charge >= 0.3 is 18.0 Å². The van der Waals surface area contributed by atoms with Crippen LogP contribution in [0.15, 0.2) is 79.6 Å². The van der Waals surface area contributed by atoms with Crippen molar-refractivity contribution in [3.63, 3.8) is 0 Å². The van der Waals surface area contributed by atoms with E-state index in [-0.39, 0.29) is 41.0 Å². The lowest BCUT2D eigenvalue weighted by Gasteiger charge is -2.48. The van der Waals surface area contributed by atoms with Gasteiger partial charge in [0.05, 0.1) is 25.2 Å². The largest absolute Gasteiger partial charge is 0.497 e. The fraction of sp³-hybridized carbons (Fsp3) is 0.571. The number of benzene rings is 2. The van der Waals surface area contributed by atoms with Gasteiger partial charge in [0, 0.05) is 87.2 Å². The third-order valence-electron chi connectivity index (χ3n) is 16.5. The first-order chi connectivity index (χ1) is 35.8. The Morgan fingerprint density at radius 2 is 1.26 bits per heavy atom. The summed E-state index contributed by atoms with van der Waals surface area (Å²) in [5.41, 5.74) is 2.36. The topological polar surface area (TPSA) is 244 Å². The Morgan fingerprint density at radius 1 is 0.716 bits per heavy atom. The van der Waals surface area contributed by atoms with Gasteiger partial charge in [-0.05, 0) is 100 Å². The number of H-pyrrole nitrogens is 2. The third kappa shape index (κ3) is 14.1.